The average molecular weight is 198 g/mol. The summed E-state index contributed by atoms with van der Waals surface area (Å²) in [5, 5.41) is 1.22. The minimum Gasteiger partial charge on any atom is -0.351 e. The van der Waals surface area contributed by atoms with Gasteiger partial charge in [0.2, 0.25) is 0 Å². The summed E-state index contributed by atoms with van der Waals surface area (Å²) < 4.78 is 2.09. The van der Waals surface area contributed by atoms with E-state index in [1.165, 1.54) is 21.9 Å². The van der Waals surface area contributed by atoms with Gasteiger partial charge in [-0.05, 0) is 39.9 Å². The number of aryl methyl sites for hydroxylation is 1. The van der Waals surface area contributed by atoms with E-state index in [-0.39, 0.29) is 0 Å². The standard InChI is InChI=1S/C9H8ClNS/c1-11-6-5-7-8(11)3-2-4-9(7)12-10/h2-6H,1H3. The Morgan fingerprint density at radius 2 is 2.17 bits per heavy atom. The van der Waals surface area contributed by atoms with Crippen LogP contribution in [0.3, 0.4) is 0 Å². The summed E-state index contributed by atoms with van der Waals surface area (Å²) in [6.45, 7) is 0. The number of nitrogens with zero attached hydrogens (tertiary/aromatic N) is 1. The normalized spacial score (nSPS) is 10.8. The topological polar surface area (TPSA) is 4.93 Å². The molecule has 0 atom stereocenters. The van der Waals surface area contributed by atoms with E-state index >= 15 is 0 Å². The van der Waals surface area contributed by atoms with Crippen molar-refractivity contribution in [2.75, 3.05) is 0 Å². The Labute approximate surface area is 79.8 Å². The van der Waals surface area contributed by atoms with Gasteiger partial charge in [-0.15, -0.1) is 0 Å². The minimum atomic E-state index is 1.12. The first-order valence-electron chi connectivity index (χ1n) is 3.65. The molecule has 2 aromatic rings. The van der Waals surface area contributed by atoms with Crippen LogP contribution >= 0.6 is 21.7 Å². The van der Waals surface area contributed by atoms with Gasteiger partial charge in [0.15, 0.2) is 0 Å². The van der Waals surface area contributed by atoms with Crippen LogP contribution in [0.5, 0.6) is 0 Å². The van der Waals surface area contributed by atoms with Crippen molar-refractivity contribution in [3.63, 3.8) is 0 Å². The van der Waals surface area contributed by atoms with Gasteiger partial charge in [0.25, 0.3) is 0 Å². The van der Waals surface area contributed by atoms with Gasteiger partial charge in [0, 0.05) is 29.0 Å². The third-order valence-corrected chi connectivity index (χ3v) is 2.99. The number of halogens is 1. The zero-order valence-electron chi connectivity index (χ0n) is 6.62. The summed E-state index contributed by atoms with van der Waals surface area (Å²) in [6.07, 6.45) is 2.04. The first-order valence-corrected chi connectivity index (χ1v) is 5.30. The molecule has 0 bridgehead atoms. The van der Waals surface area contributed by atoms with E-state index in [0.717, 1.165) is 4.90 Å². The molecular formula is C9H8ClNS. The van der Waals surface area contributed by atoms with Crippen LogP contribution in [0.4, 0.5) is 0 Å². The first kappa shape index (κ1) is 8.02. The Morgan fingerprint density at radius 3 is 2.92 bits per heavy atom. The van der Waals surface area contributed by atoms with Gasteiger partial charge in [0.05, 0.1) is 0 Å². The molecule has 0 aliphatic carbocycles. The highest BCUT2D eigenvalue weighted by atomic mass is 35.7. The maximum atomic E-state index is 5.72. The molecule has 0 unspecified atom stereocenters. The van der Waals surface area contributed by atoms with Crippen LogP contribution in [0.25, 0.3) is 10.9 Å². The predicted octanol–water partition coefficient (Wildman–Crippen LogP) is 3.42. The van der Waals surface area contributed by atoms with Gasteiger partial charge in [-0.2, -0.15) is 0 Å². The van der Waals surface area contributed by atoms with E-state index in [0.29, 0.717) is 0 Å². The molecule has 2 rings (SSSR count). The summed E-state index contributed by atoms with van der Waals surface area (Å²) in [5.74, 6) is 0. The fraction of sp³-hybridized carbons (Fsp3) is 0.111. The number of rotatable bonds is 1. The lowest BCUT2D eigenvalue weighted by Crippen LogP contribution is -1.82. The molecule has 0 fully saturated rings. The summed E-state index contributed by atoms with van der Waals surface area (Å²) >= 11 is 0. The number of benzene rings is 1. The summed E-state index contributed by atoms with van der Waals surface area (Å²) in [7, 11) is 9.03. The Balaban J connectivity index is 2.81. The fourth-order valence-corrected chi connectivity index (χ4v) is 2.13. The van der Waals surface area contributed by atoms with E-state index in [2.05, 4.69) is 16.7 Å². The molecule has 3 heteroatoms. The van der Waals surface area contributed by atoms with Gasteiger partial charge in [-0.3, -0.25) is 0 Å². The number of hydrogen-bond acceptors (Lipinski definition) is 1. The Bertz CT molecular complexity index is 408. The molecule has 0 saturated heterocycles. The number of hydrogen-bond donors (Lipinski definition) is 0. The SMILES string of the molecule is Cn1ccc2c(SCl)cccc21. The van der Waals surface area contributed by atoms with Crippen LogP contribution in [0, 0.1) is 0 Å². The van der Waals surface area contributed by atoms with Crippen LogP contribution in [0.2, 0.25) is 0 Å². The quantitative estimate of drug-likeness (QED) is 0.678. The summed E-state index contributed by atoms with van der Waals surface area (Å²) in [4.78, 5) is 1.12. The van der Waals surface area contributed by atoms with Gasteiger partial charge < -0.3 is 4.57 Å². The predicted molar refractivity (Wildman–Crippen MR) is 54.6 cm³/mol. The van der Waals surface area contributed by atoms with Crippen LogP contribution in [-0.2, 0) is 7.05 Å². The first-order chi connectivity index (χ1) is 5.83. The van der Waals surface area contributed by atoms with Crippen LogP contribution < -0.4 is 0 Å². The van der Waals surface area contributed by atoms with E-state index in [1.807, 2.05) is 25.4 Å². The lowest BCUT2D eigenvalue weighted by Gasteiger charge is -1.98. The second kappa shape index (κ2) is 3.04. The second-order valence-corrected chi connectivity index (χ2v) is 3.75. The van der Waals surface area contributed by atoms with Crippen LogP contribution in [0.15, 0.2) is 35.4 Å². The van der Waals surface area contributed by atoms with Crippen LogP contribution in [-0.4, -0.2) is 4.57 Å². The highest BCUT2D eigenvalue weighted by Gasteiger charge is 2.01. The van der Waals surface area contributed by atoms with Crippen molar-refractivity contribution in [2.24, 2.45) is 7.05 Å². The molecule has 1 aromatic carbocycles. The van der Waals surface area contributed by atoms with Gasteiger partial charge in [-0.1, -0.05) is 6.07 Å². The van der Waals surface area contributed by atoms with E-state index in [4.69, 9.17) is 10.7 Å². The molecule has 0 aliphatic heterocycles. The number of aromatic nitrogens is 1. The smallest absolute Gasteiger partial charge is 0.0489 e. The molecule has 0 aliphatic rings. The Kier molecular flexibility index (Phi) is 2.03. The molecule has 0 spiro atoms. The van der Waals surface area contributed by atoms with Gasteiger partial charge in [0.1, 0.15) is 0 Å². The Hall–Kier alpha value is -0.600. The van der Waals surface area contributed by atoms with Crippen molar-refractivity contribution in [3.8, 4) is 0 Å². The fourth-order valence-electron chi connectivity index (χ4n) is 1.34. The maximum Gasteiger partial charge on any atom is 0.0489 e. The molecule has 0 radical (unpaired) electrons. The van der Waals surface area contributed by atoms with Crippen molar-refractivity contribution in [2.45, 2.75) is 4.90 Å². The van der Waals surface area contributed by atoms with E-state index in [1.54, 1.807) is 0 Å². The Morgan fingerprint density at radius 1 is 1.33 bits per heavy atom. The maximum absolute atomic E-state index is 5.72. The zero-order valence-corrected chi connectivity index (χ0v) is 8.19. The van der Waals surface area contributed by atoms with Crippen molar-refractivity contribution in [1.29, 1.82) is 0 Å². The average Bonchev–Trinajstić information content (AvgIpc) is 2.48. The van der Waals surface area contributed by atoms with Gasteiger partial charge >= 0.3 is 0 Å². The third-order valence-electron chi connectivity index (χ3n) is 1.97. The zero-order chi connectivity index (χ0) is 8.55. The summed E-state index contributed by atoms with van der Waals surface area (Å²) in [5.41, 5.74) is 1.22. The summed E-state index contributed by atoms with van der Waals surface area (Å²) in [6, 6.07) is 8.22. The molecule has 0 N–H and O–H groups in total. The molecule has 62 valence electrons. The minimum absolute atomic E-state index is 1.12. The van der Waals surface area contributed by atoms with Crippen LogP contribution in [0.1, 0.15) is 0 Å². The monoisotopic (exact) mass is 197 g/mol. The molecule has 0 amide bonds. The van der Waals surface area contributed by atoms with Crippen molar-refractivity contribution >= 4 is 32.6 Å². The molecular weight excluding hydrogens is 190 g/mol. The highest BCUT2D eigenvalue weighted by Crippen LogP contribution is 2.30. The molecule has 1 aromatic heterocycles. The molecule has 12 heavy (non-hydrogen) atoms. The van der Waals surface area contributed by atoms with Crippen molar-refractivity contribution in [3.05, 3.63) is 30.5 Å². The lowest BCUT2D eigenvalue weighted by atomic mass is 10.2. The molecule has 1 heterocycles. The van der Waals surface area contributed by atoms with E-state index < -0.39 is 0 Å². The molecule has 0 saturated carbocycles. The second-order valence-electron chi connectivity index (χ2n) is 2.69. The van der Waals surface area contributed by atoms with Crippen molar-refractivity contribution < 1.29 is 0 Å². The lowest BCUT2D eigenvalue weighted by molar-refractivity contribution is 0.969. The molecule has 1 nitrogen and oxygen atoms in total. The number of fused-ring (bicyclic) bond motifs is 1. The van der Waals surface area contributed by atoms with E-state index in [9.17, 15) is 0 Å². The van der Waals surface area contributed by atoms with Crippen molar-refractivity contribution in [1.82, 2.24) is 4.57 Å². The van der Waals surface area contributed by atoms with Gasteiger partial charge in [-0.25, -0.2) is 0 Å². The largest absolute Gasteiger partial charge is 0.351 e. The highest BCUT2D eigenvalue weighted by molar-refractivity contribution is 8.21. The third kappa shape index (κ3) is 1.11.